The molecular weight excluding hydrogens is 507 g/mol. The van der Waals surface area contributed by atoms with Gasteiger partial charge < -0.3 is 14.2 Å². The lowest BCUT2D eigenvalue weighted by Gasteiger charge is -2.15. The lowest BCUT2D eigenvalue weighted by atomic mass is 10.1. The number of nitrogens with zero attached hydrogens (tertiary/aromatic N) is 1. The number of carbonyl (C=O) groups excluding carboxylic acids is 2. The number of nitriles is 1. The quantitative estimate of drug-likeness (QED) is 0.441. The number of halogens is 5. The van der Waals surface area contributed by atoms with Gasteiger partial charge in [0.25, 0.3) is 0 Å². The van der Waals surface area contributed by atoms with Gasteiger partial charge in [0.2, 0.25) is 0 Å². The number of alkyl halides is 3. The van der Waals surface area contributed by atoms with Crippen LogP contribution in [-0.2, 0) is 20.4 Å². The zero-order chi connectivity index (χ0) is 23.3. The van der Waals surface area contributed by atoms with E-state index in [1.54, 1.807) is 6.92 Å². The molecule has 2 aromatic rings. The molecule has 0 radical (unpaired) electrons. The van der Waals surface area contributed by atoms with Crippen molar-refractivity contribution in [2.24, 2.45) is 0 Å². The minimum atomic E-state index is -4.61. The number of rotatable bonds is 6. The predicted molar refractivity (Wildman–Crippen MR) is 107 cm³/mol. The minimum absolute atomic E-state index is 0.00269. The van der Waals surface area contributed by atoms with Gasteiger partial charge in [-0.1, -0.05) is 11.6 Å². The summed E-state index contributed by atoms with van der Waals surface area (Å²) >= 11 is 8.92. The molecule has 1 unspecified atom stereocenters. The largest absolute Gasteiger partial charge is 0.463 e. The number of ether oxygens (including phenoxy) is 3. The van der Waals surface area contributed by atoms with Gasteiger partial charge in [0, 0.05) is 0 Å². The van der Waals surface area contributed by atoms with Crippen molar-refractivity contribution in [2.45, 2.75) is 26.1 Å². The van der Waals surface area contributed by atoms with E-state index in [0.717, 1.165) is 12.1 Å². The zero-order valence-electron chi connectivity index (χ0n) is 16.0. The van der Waals surface area contributed by atoms with Crippen molar-refractivity contribution in [1.82, 2.24) is 0 Å². The van der Waals surface area contributed by atoms with E-state index < -0.39 is 29.8 Å². The molecule has 0 amide bonds. The highest BCUT2D eigenvalue weighted by molar-refractivity contribution is 9.10. The van der Waals surface area contributed by atoms with Crippen LogP contribution in [0.3, 0.4) is 0 Å². The molecule has 6 nitrogen and oxygen atoms in total. The molecule has 0 saturated carbocycles. The number of hydrogen-bond acceptors (Lipinski definition) is 6. The Hall–Kier alpha value is -2.77. The highest BCUT2D eigenvalue weighted by atomic mass is 79.9. The fourth-order valence-electron chi connectivity index (χ4n) is 2.32. The summed E-state index contributed by atoms with van der Waals surface area (Å²) in [5.74, 6) is -1.88. The molecule has 0 fully saturated rings. The van der Waals surface area contributed by atoms with Gasteiger partial charge in [-0.25, -0.2) is 9.59 Å². The number of hydrogen-bond donors (Lipinski definition) is 0. The van der Waals surface area contributed by atoms with Crippen LogP contribution in [-0.4, -0.2) is 24.6 Å². The van der Waals surface area contributed by atoms with Gasteiger partial charge in [-0.3, -0.25) is 0 Å². The molecule has 164 valence electrons. The second kappa shape index (κ2) is 10.0. The lowest BCUT2D eigenvalue weighted by molar-refractivity contribution is -0.152. The molecule has 31 heavy (non-hydrogen) atoms. The lowest BCUT2D eigenvalue weighted by Crippen LogP contribution is -2.26. The van der Waals surface area contributed by atoms with Gasteiger partial charge in [-0.2, -0.15) is 18.4 Å². The van der Waals surface area contributed by atoms with Crippen LogP contribution >= 0.6 is 27.5 Å². The Kier molecular flexibility index (Phi) is 7.92. The SMILES string of the molecule is CCOC(=O)C(C)OC(=O)c1cc(Oc2c(Cl)cc(C(F)(F)F)cc2Br)ccc1C#N. The highest BCUT2D eigenvalue weighted by Gasteiger charge is 2.32. The molecule has 2 aromatic carbocycles. The third kappa shape index (κ3) is 6.12. The fraction of sp³-hybridized carbons (Fsp3) is 0.250. The predicted octanol–water partition coefficient (Wildman–Crippen LogP) is 5.89. The van der Waals surface area contributed by atoms with E-state index >= 15 is 0 Å². The van der Waals surface area contributed by atoms with E-state index in [0.29, 0.717) is 6.07 Å². The van der Waals surface area contributed by atoms with Crippen molar-refractivity contribution in [3.05, 3.63) is 56.5 Å². The van der Waals surface area contributed by atoms with Gasteiger partial charge in [0.1, 0.15) is 11.8 Å². The maximum atomic E-state index is 12.9. The number of benzene rings is 2. The van der Waals surface area contributed by atoms with Gasteiger partial charge in [0.15, 0.2) is 11.9 Å². The van der Waals surface area contributed by atoms with Crippen LogP contribution in [0, 0.1) is 11.3 Å². The summed E-state index contributed by atoms with van der Waals surface area (Å²) in [6.45, 7) is 2.99. The van der Waals surface area contributed by atoms with Crippen molar-refractivity contribution in [2.75, 3.05) is 6.61 Å². The Bertz CT molecular complexity index is 1030. The van der Waals surface area contributed by atoms with Crippen LogP contribution in [0.4, 0.5) is 13.2 Å². The summed E-state index contributed by atoms with van der Waals surface area (Å²) in [7, 11) is 0. The third-order valence-corrected chi connectivity index (χ3v) is 4.65. The van der Waals surface area contributed by atoms with Crippen LogP contribution in [0.1, 0.15) is 35.3 Å². The molecular formula is C20H14BrClF3NO5. The summed E-state index contributed by atoms with van der Waals surface area (Å²) < 4.78 is 54.0. The minimum Gasteiger partial charge on any atom is -0.463 e. The maximum absolute atomic E-state index is 12.9. The van der Waals surface area contributed by atoms with E-state index in [-0.39, 0.29) is 38.7 Å². The average molecular weight is 521 g/mol. The van der Waals surface area contributed by atoms with Crippen LogP contribution in [0.2, 0.25) is 5.02 Å². The normalized spacial score (nSPS) is 11.9. The molecule has 0 bridgehead atoms. The molecule has 0 N–H and O–H groups in total. The van der Waals surface area contributed by atoms with Gasteiger partial charge in [-0.15, -0.1) is 0 Å². The topological polar surface area (TPSA) is 85.6 Å². The summed E-state index contributed by atoms with van der Waals surface area (Å²) in [4.78, 5) is 24.1. The molecule has 0 aliphatic heterocycles. The molecule has 0 saturated heterocycles. The van der Waals surface area contributed by atoms with Crippen LogP contribution in [0.5, 0.6) is 11.5 Å². The first-order valence-electron chi connectivity index (χ1n) is 8.63. The molecule has 0 aliphatic rings. The van der Waals surface area contributed by atoms with Gasteiger partial charge >= 0.3 is 18.1 Å². The second-order valence-electron chi connectivity index (χ2n) is 5.99. The van der Waals surface area contributed by atoms with Crippen LogP contribution in [0.25, 0.3) is 0 Å². The van der Waals surface area contributed by atoms with E-state index in [2.05, 4.69) is 15.9 Å². The van der Waals surface area contributed by atoms with Gasteiger partial charge in [-0.05, 0) is 60.1 Å². The first-order chi connectivity index (χ1) is 14.5. The summed E-state index contributed by atoms with van der Waals surface area (Å²) in [5.41, 5.74) is -1.25. The molecule has 2 rings (SSSR count). The molecule has 0 spiro atoms. The Balaban J connectivity index is 2.34. The first kappa shape index (κ1) is 24.5. The number of esters is 2. The van der Waals surface area contributed by atoms with Crippen molar-refractivity contribution < 1.29 is 37.0 Å². The van der Waals surface area contributed by atoms with E-state index in [9.17, 15) is 28.0 Å². The summed E-state index contributed by atoms with van der Waals surface area (Å²) in [5, 5.41) is 8.92. The standard InChI is InChI=1S/C20H14BrClF3NO5/c1-3-29-18(27)10(2)30-19(28)14-8-13(5-4-11(14)9-26)31-17-15(21)6-12(7-16(17)22)20(23,24)25/h4-8,10H,3H2,1-2H3. The average Bonchev–Trinajstić information content (AvgIpc) is 2.69. The van der Waals surface area contributed by atoms with E-state index in [1.807, 2.05) is 6.07 Å². The van der Waals surface area contributed by atoms with E-state index in [1.165, 1.54) is 19.1 Å². The Morgan fingerprint density at radius 3 is 2.48 bits per heavy atom. The van der Waals surface area contributed by atoms with Crippen molar-refractivity contribution in [3.63, 3.8) is 0 Å². The van der Waals surface area contributed by atoms with E-state index in [4.69, 9.17) is 25.8 Å². The Labute approximate surface area is 188 Å². The third-order valence-electron chi connectivity index (χ3n) is 3.78. The Morgan fingerprint density at radius 1 is 1.26 bits per heavy atom. The second-order valence-corrected chi connectivity index (χ2v) is 7.25. The summed E-state index contributed by atoms with van der Waals surface area (Å²) in [6, 6.07) is 7.03. The van der Waals surface area contributed by atoms with Crippen molar-refractivity contribution in [1.29, 1.82) is 5.26 Å². The number of carbonyl (C=O) groups is 2. The maximum Gasteiger partial charge on any atom is 0.416 e. The monoisotopic (exact) mass is 519 g/mol. The van der Waals surface area contributed by atoms with Crippen molar-refractivity contribution >= 4 is 39.5 Å². The smallest absolute Gasteiger partial charge is 0.416 e. The highest BCUT2D eigenvalue weighted by Crippen LogP contribution is 2.42. The molecule has 0 aliphatic carbocycles. The van der Waals surface area contributed by atoms with Gasteiger partial charge in [0.05, 0.1) is 32.8 Å². The fourth-order valence-corrected chi connectivity index (χ4v) is 3.24. The molecule has 0 heterocycles. The van der Waals surface area contributed by atoms with Crippen LogP contribution in [0.15, 0.2) is 34.8 Å². The summed E-state index contributed by atoms with van der Waals surface area (Å²) in [6.07, 6.45) is -5.83. The molecule has 11 heteroatoms. The van der Waals surface area contributed by atoms with Crippen molar-refractivity contribution in [3.8, 4) is 17.6 Å². The van der Waals surface area contributed by atoms with Crippen LogP contribution < -0.4 is 4.74 Å². The first-order valence-corrected chi connectivity index (χ1v) is 9.80. The molecule has 0 aromatic heterocycles. The zero-order valence-corrected chi connectivity index (χ0v) is 18.4. The molecule has 1 atom stereocenters. The Morgan fingerprint density at radius 2 is 1.94 bits per heavy atom.